The second kappa shape index (κ2) is 8.50. The van der Waals surface area contributed by atoms with Crippen molar-refractivity contribution in [2.75, 3.05) is 18.7 Å². The van der Waals surface area contributed by atoms with Crippen molar-refractivity contribution in [3.05, 3.63) is 71.3 Å². The number of fused-ring (bicyclic) bond motifs is 1. The molecule has 2 N–H and O–H groups in total. The fourth-order valence-corrected chi connectivity index (χ4v) is 3.83. The molecule has 166 valence electrons. The van der Waals surface area contributed by atoms with Gasteiger partial charge in [-0.05, 0) is 23.8 Å². The molecule has 0 bridgehead atoms. The van der Waals surface area contributed by atoms with E-state index in [2.05, 4.69) is 25.3 Å². The summed E-state index contributed by atoms with van der Waals surface area (Å²) in [5, 5.41) is 3.52. The minimum absolute atomic E-state index is 0.0891. The number of sulfone groups is 1. The van der Waals surface area contributed by atoms with E-state index in [9.17, 15) is 17.2 Å². The van der Waals surface area contributed by atoms with Crippen molar-refractivity contribution in [2.45, 2.75) is 17.9 Å². The smallest absolute Gasteiger partial charge is 0.218 e. The molecule has 0 aromatic carbocycles. The van der Waals surface area contributed by atoms with Gasteiger partial charge in [0.25, 0.3) is 0 Å². The monoisotopic (exact) mass is 459 g/mol. The number of halogens is 2. The van der Waals surface area contributed by atoms with E-state index in [-0.39, 0.29) is 29.6 Å². The van der Waals surface area contributed by atoms with Gasteiger partial charge in [-0.3, -0.25) is 0 Å². The lowest BCUT2D eigenvalue weighted by molar-refractivity contribution is 0.391. The highest BCUT2D eigenvalue weighted by molar-refractivity contribution is 7.90. The number of rotatable bonds is 7. The second-order valence-corrected chi connectivity index (χ2v) is 9.17. The third-order valence-corrected chi connectivity index (χ3v) is 5.95. The fourth-order valence-electron chi connectivity index (χ4n) is 3.25. The number of anilines is 1. The van der Waals surface area contributed by atoms with E-state index < -0.39 is 21.6 Å². The summed E-state index contributed by atoms with van der Waals surface area (Å²) in [6, 6.07) is 5.98. The summed E-state index contributed by atoms with van der Waals surface area (Å²) in [6.45, 7) is 0.141. The van der Waals surface area contributed by atoms with Crippen molar-refractivity contribution in [3.63, 3.8) is 0 Å². The number of H-pyrrole nitrogens is 1. The molecule has 4 aromatic heterocycles. The molecule has 0 saturated heterocycles. The molecule has 0 amide bonds. The maximum atomic E-state index is 14.7. The average Bonchev–Trinajstić information content (AvgIpc) is 3.15. The zero-order chi connectivity index (χ0) is 22.9. The van der Waals surface area contributed by atoms with Crippen molar-refractivity contribution < 1.29 is 21.9 Å². The van der Waals surface area contributed by atoms with Gasteiger partial charge in [-0.15, -0.1) is 0 Å². The molecule has 0 fully saturated rings. The van der Waals surface area contributed by atoms with Gasteiger partial charge in [-0.2, -0.15) is 4.39 Å². The van der Waals surface area contributed by atoms with Crippen LogP contribution in [-0.4, -0.2) is 41.7 Å². The van der Waals surface area contributed by atoms with Gasteiger partial charge >= 0.3 is 0 Å². The summed E-state index contributed by atoms with van der Waals surface area (Å²) in [4.78, 5) is 15.0. The number of pyridine rings is 3. The van der Waals surface area contributed by atoms with Gasteiger partial charge in [-0.1, -0.05) is 6.07 Å². The van der Waals surface area contributed by atoms with E-state index >= 15 is 0 Å². The maximum absolute atomic E-state index is 14.7. The van der Waals surface area contributed by atoms with E-state index in [1.54, 1.807) is 18.3 Å². The number of nitrogens with one attached hydrogen (secondary N) is 2. The molecule has 0 aliphatic heterocycles. The molecular weight excluding hydrogens is 440 g/mol. The fraction of sp³-hybridized carbons (Fsp3) is 0.190. The van der Waals surface area contributed by atoms with E-state index in [1.165, 1.54) is 25.4 Å². The molecule has 0 atom stereocenters. The number of aromatic amines is 1. The zero-order valence-corrected chi connectivity index (χ0v) is 18.0. The normalized spacial score (nSPS) is 11.6. The van der Waals surface area contributed by atoms with Crippen LogP contribution in [0.2, 0.25) is 0 Å². The van der Waals surface area contributed by atoms with Crippen LogP contribution in [0.3, 0.4) is 0 Å². The van der Waals surface area contributed by atoms with Crippen molar-refractivity contribution in [2.24, 2.45) is 0 Å². The maximum Gasteiger partial charge on any atom is 0.218 e. The molecule has 0 unspecified atom stereocenters. The molecule has 4 rings (SSSR count). The Morgan fingerprint density at radius 1 is 1.09 bits per heavy atom. The highest BCUT2D eigenvalue weighted by Gasteiger charge is 2.15. The van der Waals surface area contributed by atoms with Gasteiger partial charge in [-0.25, -0.2) is 27.8 Å². The molecule has 0 saturated carbocycles. The Morgan fingerprint density at radius 3 is 2.62 bits per heavy atom. The molecule has 0 radical (unpaired) electrons. The number of methoxy groups -OCH3 is 1. The topological polar surface area (TPSA) is 110 Å². The number of ether oxygens (including phenoxy) is 1. The highest BCUT2D eigenvalue weighted by Crippen LogP contribution is 2.24. The minimum Gasteiger partial charge on any atom is -0.481 e. The van der Waals surface area contributed by atoms with E-state index in [1.807, 2.05) is 0 Å². The second-order valence-electron chi connectivity index (χ2n) is 7.15. The van der Waals surface area contributed by atoms with Crippen molar-refractivity contribution in [3.8, 4) is 5.88 Å². The van der Waals surface area contributed by atoms with Gasteiger partial charge in [0.15, 0.2) is 9.84 Å². The van der Waals surface area contributed by atoms with Crippen LogP contribution in [0.4, 0.5) is 14.6 Å². The first kappa shape index (κ1) is 21.6. The summed E-state index contributed by atoms with van der Waals surface area (Å²) < 4.78 is 56.9. The first-order chi connectivity index (χ1) is 15.2. The van der Waals surface area contributed by atoms with Gasteiger partial charge in [0.1, 0.15) is 17.3 Å². The quantitative estimate of drug-likeness (QED) is 0.408. The lowest BCUT2D eigenvalue weighted by Gasteiger charge is -2.10. The Labute approximate surface area is 182 Å². The van der Waals surface area contributed by atoms with Crippen molar-refractivity contribution in [1.82, 2.24) is 19.9 Å². The van der Waals surface area contributed by atoms with Gasteiger partial charge < -0.3 is 15.0 Å². The number of hydrogen-bond donors (Lipinski definition) is 2. The van der Waals surface area contributed by atoms with Crippen molar-refractivity contribution in [1.29, 1.82) is 0 Å². The largest absolute Gasteiger partial charge is 0.481 e. The first-order valence-electron chi connectivity index (χ1n) is 9.48. The molecule has 4 aromatic rings. The summed E-state index contributed by atoms with van der Waals surface area (Å²) >= 11 is 0. The Morgan fingerprint density at radius 2 is 1.91 bits per heavy atom. The SMILES string of the molecule is COc1ncc(F)cc1CNc1ccc(Cc2c[nH]c3ncc(S(C)(=O)=O)cc23)c(F)n1. The predicted octanol–water partition coefficient (Wildman–Crippen LogP) is 3.25. The van der Waals surface area contributed by atoms with Crippen LogP contribution in [0.1, 0.15) is 16.7 Å². The van der Waals surface area contributed by atoms with E-state index in [0.717, 1.165) is 12.5 Å². The van der Waals surface area contributed by atoms with Crippen LogP contribution in [-0.2, 0) is 22.8 Å². The van der Waals surface area contributed by atoms with E-state index in [4.69, 9.17) is 4.74 Å². The standard InChI is InChI=1S/C21H19F2N5O3S/c1-31-21-14(6-15(22)10-27-21)9-24-18-4-3-12(19(23)28-18)5-13-8-25-20-17(13)7-16(11-26-20)32(2,29)30/h3-4,6-8,10-11H,5,9H2,1-2H3,(H,24,28)(H,25,26). The summed E-state index contributed by atoms with van der Waals surface area (Å²) in [5.41, 5.74) is 1.99. The molecule has 8 nitrogen and oxygen atoms in total. The van der Waals surface area contributed by atoms with Crippen LogP contribution >= 0.6 is 0 Å². The summed E-state index contributed by atoms with van der Waals surface area (Å²) in [5.74, 6) is -0.667. The average molecular weight is 459 g/mol. The van der Waals surface area contributed by atoms with Crippen LogP contribution in [0.15, 0.2) is 47.8 Å². The van der Waals surface area contributed by atoms with E-state index in [0.29, 0.717) is 27.7 Å². The molecule has 32 heavy (non-hydrogen) atoms. The summed E-state index contributed by atoms with van der Waals surface area (Å²) in [6.07, 6.45) is 5.29. The molecule has 0 spiro atoms. The molecule has 4 heterocycles. The highest BCUT2D eigenvalue weighted by atomic mass is 32.2. The lowest BCUT2D eigenvalue weighted by Crippen LogP contribution is -2.06. The lowest BCUT2D eigenvalue weighted by atomic mass is 10.1. The van der Waals surface area contributed by atoms with Crippen molar-refractivity contribution >= 4 is 26.7 Å². The van der Waals surface area contributed by atoms with Crippen LogP contribution in [0.5, 0.6) is 5.88 Å². The minimum atomic E-state index is -3.42. The summed E-state index contributed by atoms with van der Waals surface area (Å²) in [7, 11) is -1.99. The molecule has 0 aliphatic carbocycles. The van der Waals surface area contributed by atoms with Crippen LogP contribution in [0, 0.1) is 11.8 Å². The number of aromatic nitrogens is 4. The predicted molar refractivity (Wildman–Crippen MR) is 114 cm³/mol. The number of hydrogen-bond acceptors (Lipinski definition) is 7. The Hall–Kier alpha value is -3.60. The third-order valence-electron chi connectivity index (χ3n) is 4.87. The van der Waals surface area contributed by atoms with Gasteiger partial charge in [0.05, 0.1) is 18.2 Å². The van der Waals surface area contributed by atoms with Crippen LogP contribution < -0.4 is 10.1 Å². The van der Waals surface area contributed by atoms with Crippen LogP contribution in [0.25, 0.3) is 11.0 Å². The zero-order valence-electron chi connectivity index (χ0n) is 17.2. The van der Waals surface area contributed by atoms with Gasteiger partial charge in [0.2, 0.25) is 11.8 Å². The Bertz CT molecular complexity index is 1410. The Balaban J connectivity index is 1.54. The third kappa shape index (κ3) is 4.52. The molecule has 0 aliphatic rings. The van der Waals surface area contributed by atoms with Gasteiger partial charge in [0, 0.05) is 48.1 Å². The molecular formula is C21H19F2N5O3S. The Kier molecular flexibility index (Phi) is 5.74. The first-order valence-corrected chi connectivity index (χ1v) is 11.4. The molecule has 11 heteroatoms. The number of nitrogens with zero attached hydrogens (tertiary/aromatic N) is 3.